The van der Waals surface area contributed by atoms with Gasteiger partial charge < -0.3 is 5.32 Å². The number of aromatic amines is 1. The Hall–Kier alpha value is -2.41. The van der Waals surface area contributed by atoms with Gasteiger partial charge in [0.25, 0.3) is 0 Å². The highest BCUT2D eigenvalue weighted by molar-refractivity contribution is 5.88. The van der Waals surface area contributed by atoms with Crippen LogP contribution in [0.2, 0.25) is 0 Å². The molecule has 0 unspecified atom stereocenters. The zero-order chi connectivity index (χ0) is 17.8. The van der Waals surface area contributed by atoms with Crippen molar-refractivity contribution >= 4 is 11.6 Å². The first-order valence-electron chi connectivity index (χ1n) is 8.80. The van der Waals surface area contributed by atoms with Crippen LogP contribution in [-0.2, 0) is 17.9 Å². The summed E-state index contributed by atoms with van der Waals surface area (Å²) in [7, 11) is 0. The molecule has 1 aliphatic heterocycles. The summed E-state index contributed by atoms with van der Waals surface area (Å²) in [6.45, 7) is 6.93. The number of likely N-dealkylation sites (tertiary alicyclic amines) is 1. The summed E-state index contributed by atoms with van der Waals surface area (Å²) in [6, 6.07) is 7.96. The van der Waals surface area contributed by atoms with Gasteiger partial charge in [0.15, 0.2) is 0 Å². The number of carbonyl (C=O) groups excluding carboxylic acids is 1. The summed E-state index contributed by atoms with van der Waals surface area (Å²) < 4.78 is 1.73. The molecule has 0 bridgehead atoms. The first-order chi connectivity index (χ1) is 12.1. The summed E-state index contributed by atoms with van der Waals surface area (Å²) in [5.74, 6) is 1.09. The van der Waals surface area contributed by atoms with E-state index in [9.17, 15) is 9.59 Å². The quantitative estimate of drug-likeness (QED) is 0.869. The van der Waals surface area contributed by atoms with Crippen molar-refractivity contribution < 1.29 is 4.79 Å². The highest BCUT2D eigenvalue weighted by Crippen LogP contribution is 2.26. The Labute approximate surface area is 147 Å². The van der Waals surface area contributed by atoms with E-state index in [0.717, 1.165) is 44.0 Å². The molecular weight excluding hydrogens is 318 g/mol. The van der Waals surface area contributed by atoms with Crippen molar-refractivity contribution in [2.45, 2.75) is 45.7 Å². The minimum Gasteiger partial charge on any atom is -0.326 e. The molecule has 0 radical (unpaired) electrons. The van der Waals surface area contributed by atoms with Crippen molar-refractivity contribution in [3.05, 3.63) is 46.1 Å². The van der Waals surface area contributed by atoms with E-state index in [1.807, 2.05) is 31.2 Å². The van der Waals surface area contributed by atoms with Crippen LogP contribution in [0, 0.1) is 0 Å². The van der Waals surface area contributed by atoms with Gasteiger partial charge in [0.1, 0.15) is 5.82 Å². The molecule has 2 N–H and O–H groups in total. The number of amides is 1. The van der Waals surface area contributed by atoms with Gasteiger partial charge in [0.05, 0.1) is 0 Å². The number of rotatable bonds is 5. The predicted molar refractivity (Wildman–Crippen MR) is 96.5 cm³/mol. The third-order valence-corrected chi connectivity index (χ3v) is 4.66. The summed E-state index contributed by atoms with van der Waals surface area (Å²) in [6.07, 6.45) is 2.15. The zero-order valence-corrected chi connectivity index (χ0v) is 14.8. The first-order valence-corrected chi connectivity index (χ1v) is 8.80. The van der Waals surface area contributed by atoms with Crippen LogP contribution in [0.3, 0.4) is 0 Å². The van der Waals surface area contributed by atoms with Gasteiger partial charge in [-0.15, -0.1) is 0 Å². The molecule has 0 spiro atoms. The Morgan fingerprint density at radius 1 is 1.36 bits per heavy atom. The lowest BCUT2D eigenvalue weighted by molar-refractivity contribution is -0.114. The Morgan fingerprint density at radius 2 is 2.12 bits per heavy atom. The largest absolute Gasteiger partial charge is 0.343 e. The lowest BCUT2D eigenvalue weighted by atomic mass is 9.96. The number of hydrogen-bond acceptors (Lipinski definition) is 4. The van der Waals surface area contributed by atoms with Crippen molar-refractivity contribution in [1.29, 1.82) is 0 Å². The molecule has 1 fully saturated rings. The fourth-order valence-corrected chi connectivity index (χ4v) is 3.51. The van der Waals surface area contributed by atoms with Crippen molar-refractivity contribution in [1.82, 2.24) is 19.7 Å². The Bertz CT molecular complexity index is 778. The van der Waals surface area contributed by atoms with E-state index in [1.54, 1.807) is 4.57 Å². The average Bonchev–Trinajstić information content (AvgIpc) is 2.97. The summed E-state index contributed by atoms with van der Waals surface area (Å²) in [5, 5.41) is 9.61. The lowest BCUT2D eigenvalue weighted by Crippen LogP contribution is -2.35. The summed E-state index contributed by atoms with van der Waals surface area (Å²) in [5.41, 5.74) is 1.91. The van der Waals surface area contributed by atoms with E-state index in [4.69, 9.17) is 0 Å². The second-order valence-corrected chi connectivity index (χ2v) is 6.58. The molecule has 1 aromatic carbocycles. The number of nitrogens with one attached hydrogen (secondary N) is 2. The number of H-pyrrole nitrogens is 1. The molecule has 0 saturated carbocycles. The summed E-state index contributed by atoms with van der Waals surface area (Å²) in [4.78, 5) is 25.3. The van der Waals surface area contributed by atoms with E-state index in [-0.39, 0.29) is 17.5 Å². The highest BCUT2D eigenvalue weighted by atomic mass is 16.2. The number of piperidine rings is 1. The van der Waals surface area contributed by atoms with Crippen LogP contribution in [0.5, 0.6) is 0 Å². The van der Waals surface area contributed by atoms with Gasteiger partial charge in [-0.25, -0.2) is 9.89 Å². The SMILES string of the molecule is CCn1c([C@@H]2CCCN(Cc3ccc(NC(C)=O)cc3)C2)n[nH]c1=O. The molecule has 25 heavy (non-hydrogen) atoms. The second-order valence-electron chi connectivity index (χ2n) is 6.58. The molecule has 0 aliphatic carbocycles. The van der Waals surface area contributed by atoms with Crippen LogP contribution in [0.1, 0.15) is 44.0 Å². The van der Waals surface area contributed by atoms with Gasteiger partial charge in [0, 0.05) is 38.2 Å². The van der Waals surface area contributed by atoms with Crippen LogP contribution in [0.4, 0.5) is 5.69 Å². The topological polar surface area (TPSA) is 83.0 Å². The molecule has 7 nitrogen and oxygen atoms in total. The minimum atomic E-state index is -0.122. The molecule has 2 heterocycles. The number of anilines is 1. The number of hydrogen-bond donors (Lipinski definition) is 2. The van der Waals surface area contributed by atoms with Crippen molar-refractivity contribution in [3.8, 4) is 0 Å². The monoisotopic (exact) mass is 343 g/mol. The highest BCUT2D eigenvalue weighted by Gasteiger charge is 2.25. The number of benzene rings is 1. The fraction of sp³-hybridized carbons (Fsp3) is 0.500. The van der Waals surface area contributed by atoms with Crippen LogP contribution >= 0.6 is 0 Å². The van der Waals surface area contributed by atoms with Crippen molar-refractivity contribution in [2.24, 2.45) is 0 Å². The van der Waals surface area contributed by atoms with E-state index in [0.29, 0.717) is 6.54 Å². The van der Waals surface area contributed by atoms with E-state index in [2.05, 4.69) is 20.4 Å². The van der Waals surface area contributed by atoms with Crippen molar-refractivity contribution in [3.63, 3.8) is 0 Å². The van der Waals surface area contributed by atoms with E-state index in [1.165, 1.54) is 12.5 Å². The number of aromatic nitrogens is 3. The number of nitrogens with zero attached hydrogens (tertiary/aromatic N) is 3. The smallest absolute Gasteiger partial charge is 0.326 e. The van der Waals surface area contributed by atoms with Crippen LogP contribution in [0.15, 0.2) is 29.1 Å². The molecular formula is C18H25N5O2. The van der Waals surface area contributed by atoms with Gasteiger partial charge in [-0.1, -0.05) is 12.1 Å². The van der Waals surface area contributed by atoms with Gasteiger partial charge >= 0.3 is 5.69 Å². The third-order valence-electron chi connectivity index (χ3n) is 4.66. The second kappa shape index (κ2) is 7.65. The lowest BCUT2D eigenvalue weighted by Gasteiger charge is -2.32. The maximum atomic E-state index is 11.8. The molecule has 7 heteroatoms. The predicted octanol–water partition coefficient (Wildman–Crippen LogP) is 1.93. The molecule has 1 atom stereocenters. The molecule has 2 aromatic rings. The van der Waals surface area contributed by atoms with Gasteiger partial charge in [-0.2, -0.15) is 5.10 Å². The Morgan fingerprint density at radius 3 is 2.80 bits per heavy atom. The van der Waals surface area contributed by atoms with Gasteiger partial charge in [-0.3, -0.25) is 14.3 Å². The zero-order valence-electron chi connectivity index (χ0n) is 14.8. The minimum absolute atomic E-state index is 0.0624. The van der Waals surface area contributed by atoms with Gasteiger partial charge in [0.2, 0.25) is 5.91 Å². The molecule has 1 aliphatic rings. The Balaban J connectivity index is 1.65. The molecule has 134 valence electrons. The Kier molecular flexibility index (Phi) is 5.33. The first kappa shape index (κ1) is 17.4. The standard InChI is InChI=1S/C18H25N5O2/c1-3-23-17(20-21-18(23)25)15-5-4-10-22(12-15)11-14-6-8-16(9-7-14)19-13(2)24/h6-9,15H,3-5,10-12H2,1-2H3,(H,19,24)(H,21,25)/t15-/m1/s1. The van der Waals surface area contributed by atoms with Crippen molar-refractivity contribution in [2.75, 3.05) is 18.4 Å². The molecule has 1 saturated heterocycles. The maximum Gasteiger partial charge on any atom is 0.343 e. The normalized spacial score (nSPS) is 18.2. The van der Waals surface area contributed by atoms with Crippen LogP contribution in [-0.4, -0.2) is 38.7 Å². The number of carbonyl (C=O) groups is 1. The maximum absolute atomic E-state index is 11.8. The molecule has 1 amide bonds. The average molecular weight is 343 g/mol. The van der Waals surface area contributed by atoms with Crippen LogP contribution < -0.4 is 11.0 Å². The fourth-order valence-electron chi connectivity index (χ4n) is 3.51. The van der Waals surface area contributed by atoms with Crippen LogP contribution in [0.25, 0.3) is 0 Å². The third kappa shape index (κ3) is 4.17. The van der Waals surface area contributed by atoms with E-state index >= 15 is 0 Å². The summed E-state index contributed by atoms with van der Waals surface area (Å²) >= 11 is 0. The molecule has 3 rings (SSSR count). The van der Waals surface area contributed by atoms with Gasteiger partial charge in [-0.05, 0) is 44.0 Å². The molecule has 1 aromatic heterocycles. The van der Waals surface area contributed by atoms with E-state index < -0.39 is 0 Å².